The monoisotopic (exact) mass is 399 g/mol. The fourth-order valence-corrected chi connectivity index (χ4v) is 3.48. The molecule has 6 nitrogen and oxygen atoms in total. The Bertz CT molecular complexity index is 935. The summed E-state index contributed by atoms with van der Waals surface area (Å²) in [5.74, 6) is -0.0939. The van der Waals surface area contributed by atoms with E-state index in [0.717, 1.165) is 11.3 Å². The van der Waals surface area contributed by atoms with Gasteiger partial charge < -0.3 is 4.90 Å². The number of amides is 1. The predicted molar refractivity (Wildman–Crippen MR) is 110 cm³/mol. The summed E-state index contributed by atoms with van der Waals surface area (Å²) < 4.78 is 23.2. The Kier molecular flexibility index (Phi) is 7.32. The quantitative estimate of drug-likeness (QED) is 0.681. The van der Waals surface area contributed by atoms with E-state index in [1.54, 1.807) is 29.2 Å². The molecular weight excluding hydrogens is 374 g/mol. The van der Waals surface area contributed by atoms with Crippen LogP contribution in [-0.2, 0) is 14.6 Å². The molecule has 0 N–H and O–H groups in total. The lowest BCUT2D eigenvalue weighted by Crippen LogP contribution is -2.40. The van der Waals surface area contributed by atoms with E-state index in [2.05, 4.69) is 6.07 Å². The minimum Gasteiger partial charge on any atom is -0.310 e. The van der Waals surface area contributed by atoms with Crippen molar-refractivity contribution in [3.05, 3.63) is 60.2 Å². The summed E-state index contributed by atoms with van der Waals surface area (Å²) in [4.78, 5) is 16.7. The van der Waals surface area contributed by atoms with Gasteiger partial charge in [0.15, 0.2) is 9.84 Å². The van der Waals surface area contributed by atoms with Crippen LogP contribution >= 0.6 is 0 Å². The predicted octanol–water partition coefficient (Wildman–Crippen LogP) is 3.03. The molecule has 0 bridgehead atoms. The molecule has 0 radical (unpaired) electrons. The molecule has 0 aliphatic rings. The highest BCUT2D eigenvalue weighted by atomic mass is 32.2. The molecule has 0 unspecified atom stereocenters. The molecule has 0 aliphatic heterocycles. The van der Waals surface area contributed by atoms with Crippen molar-refractivity contribution in [2.45, 2.75) is 24.3 Å². The number of rotatable bonds is 8. The standard InChI is InChI=1S/C21H25N3O3S/c1-17(18-10-12-20(13-11-18)28(3,26)27)23(2)16-21(25)24(15-7-14-22)19-8-5-4-6-9-19/h4-6,8-13,17H,7,15-16H2,1-3H3/t17-/m0/s1. The average molecular weight is 400 g/mol. The minimum absolute atomic E-state index is 0.0776. The van der Waals surface area contributed by atoms with E-state index in [-0.39, 0.29) is 29.8 Å². The molecule has 0 heterocycles. The zero-order chi connectivity index (χ0) is 20.7. The van der Waals surface area contributed by atoms with Gasteiger partial charge in [0.1, 0.15) is 0 Å². The number of carbonyl (C=O) groups is 1. The molecule has 28 heavy (non-hydrogen) atoms. The number of hydrogen-bond acceptors (Lipinski definition) is 5. The maximum absolute atomic E-state index is 12.9. The Labute approximate surface area is 166 Å². The minimum atomic E-state index is -3.24. The second-order valence-electron chi connectivity index (χ2n) is 6.72. The van der Waals surface area contributed by atoms with Crippen molar-refractivity contribution in [2.24, 2.45) is 0 Å². The van der Waals surface area contributed by atoms with Crippen molar-refractivity contribution in [3.63, 3.8) is 0 Å². The molecule has 0 saturated heterocycles. The fourth-order valence-electron chi connectivity index (χ4n) is 2.85. The Morgan fingerprint density at radius 1 is 1.11 bits per heavy atom. The van der Waals surface area contributed by atoms with E-state index in [1.807, 2.05) is 49.2 Å². The molecule has 2 rings (SSSR count). The summed E-state index contributed by atoms with van der Waals surface area (Å²) in [5.41, 5.74) is 1.69. The third kappa shape index (κ3) is 5.65. The molecular formula is C21H25N3O3S. The normalized spacial score (nSPS) is 12.4. The number of carbonyl (C=O) groups excluding carboxylic acids is 1. The summed E-state index contributed by atoms with van der Waals surface area (Å²) in [6.45, 7) is 2.48. The molecule has 1 amide bonds. The molecule has 7 heteroatoms. The lowest BCUT2D eigenvalue weighted by Gasteiger charge is -2.28. The van der Waals surface area contributed by atoms with Crippen LogP contribution in [0.1, 0.15) is 24.9 Å². The van der Waals surface area contributed by atoms with Crippen LogP contribution in [0.3, 0.4) is 0 Å². The third-order valence-corrected chi connectivity index (χ3v) is 5.78. The molecule has 1 atom stereocenters. The van der Waals surface area contributed by atoms with Gasteiger partial charge in [0.25, 0.3) is 0 Å². The molecule has 148 valence electrons. The van der Waals surface area contributed by atoms with Crippen LogP contribution in [0.2, 0.25) is 0 Å². The summed E-state index contributed by atoms with van der Waals surface area (Å²) in [5, 5.41) is 8.90. The first kappa shape index (κ1) is 21.6. The second-order valence-corrected chi connectivity index (χ2v) is 8.74. The van der Waals surface area contributed by atoms with Gasteiger partial charge in [-0.05, 0) is 43.8 Å². The number of nitriles is 1. The van der Waals surface area contributed by atoms with Crippen molar-refractivity contribution in [1.29, 1.82) is 5.26 Å². The van der Waals surface area contributed by atoms with E-state index in [4.69, 9.17) is 5.26 Å². The number of sulfone groups is 1. The van der Waals surface area contributed by atoms with Crippen molar-refractivity contribution in [1.82, 2.24) is 4.90 Å². The number of hydrogen-bond donors (Lipinski definition) is 0. The van der Waals surface area contributed by atoms with Crippen LogP contribution in [0, 0.1) is 11.3 Å². The van der Waals surface area contributed by atoms with Gasteiger partial charge in [-0.2, -0.15) is 5.26 Å². The SMILES string of the molecule is C[C@@H](c1ccc(S(C)(=O)=O)cc1)N(C)CC(=O)N(CCC#N)c1ccccc1. The number of anilines is 1. The van der Waals surface area contributed by atoms with Gasteiger partial charge in [-0.1, -0.05) is 30.3 Å². The molecule has 0 spiro atoms. The Balaban J connectivity index is 2.11. The van der Waals surface area contributed by atoms with E-state index >= 15 is 0 Å². The Morgan fingerprint density at radius 2 is 1.71 bits per heavy atom. The first-order valence-corrected chi connectivity index (χ1v) is 10.9. The van der Waals surface area contributed by atoms with Gasteiger partial charge in [-0.15, -0.1) is 0 Å². The van der Waals surface area contributed by atoms with Crippen LogP contribution in [0.5, 0.6) is 0 Å². The number of likely N-dealkylation sites (N-methyl/N-ethyl adjacent to an activating group) is 1. The molecule has 0 fully saturated rings. The van der Waals surface area contributed by atoms with Gasteiger partial charge in [-0.3, -0.25) is 9.69 Å². The number of para-hydroxylation sites is 1. The zero-order valence-electron chi connectivity index (χ0n) is 16.4. The highest BCUT2D eigenvalue weighted by molar-refractivity contribution is 7.90. The van der Waals surface area contributed by atoms with E-state index < -0.39 is 9.84 Å². The van der Waals surface area contributed by atoms with E-state index in [0.29, 0.717) is 6.54 Å². The van der Waals surface area contributed by atoms with Crippen molar-refractivity contribution >= 4 is 21.4 Å². The summed E-state index contributed by atoms with van der Waals surface area (Å²) in [7, 11) is -1.39. The van der Waals surface area contributed by atoms with Crippen LogP contribution in [0.25, 0.3) is 0 Å². The first-order chi connectivity index (χ1) is 13.2. The molecule has 0 aromatic heterocycles. The van der Waals surface area contributed by atoms with Crippen molar-refractivity contribution in [3.8, 4) is 6.07 Å². The smallest absolute Gasteiger partial charge is 0.241 e. The maximum atomic E-state index is 12.9. The van der Waals surface area contributed by atoms with Gasteiger partial charge in [0.05, 0.1) is 23.9 Å². The first-order valence-electron chi connectivity index (χ1n) is 8.96. The zero-order valence-corrected chi connectivity index (χ0v) is 17.2. The van der Waals surface area contributed by atoms with E-state index in [1.165, 1.54) is 6.26 Å². The average Bonchev–Trinajstić information content (AvgIpc) is 2.68. The van der Waals surface area contributed by atoms with Crippen molar-refractivity contribution < 1.29 is 13.2 Å². The molecule has 0 saturated carbocycles. The van der Waals surface area contributed by atoms with Crippen LogP contribution < -0.4 is 4.90 Å². The highest BCUT2D eigenvalue weighted by Gasteiger charge is 2.21. The Hall–Kier alpha value is -2.69. The van der Waals surface area contributed by atoms with E-state index in [9.17, 15) is 13.2 Å². The number of benzene rings is 2. The maximum Gasteiger partial charge on any atom is 0.241 e. The van der Waals surface area contributed by atoms with Gasteiger partial charge in [0.2, 0.25) is 5.91 Å². The molecule has 0 aliphatic carbocycles. The third-order valence-electron chi connectivity index (χ3n) is 4.65. The summed E-state index contributed by atoms with van der Waals surface area (Å²) in [6.07, 6.45) is 1.43. The summed E-state index contributed by atoms with van der Waals surface area (Å²) in [6, 6.07) is 18.0. The number of nitrogens with zero attached hydrogens (tertiary/aromatic N) is 3. The van der Waals surface area contributed by atoms with Crippen molar-refractivity contribution in [2.75, 3.05) is 31.3 Å². The topological polar surface area (TPSA) is 81.5 Å². The summed E-state index contributed by atoms with van der Waals surface area (Å²) >= 11 is 0. The second kappa shape index (κ2) is 9.49. The van der Waals surface area contributed by atoms with Gasteiger partial charge >= 0.3 is 0 Å². The molecule has 2 aromatic carbocycles. The lowest BCUT2D eigenvalue weighted by molar-refractivity contribution is -0.119. The van der Waals surface area contributed by atoms with Crippen LogP contribution in [0.15, 0.2) is 59.5 Å². The highest BCUT2D eigenvalue weighted by Crippen LogP contribution is 2.22. The van der Waals surface area contributed by atoms with Gasteiger partial charge in [-0.25, -0.2) is 8.42 Å². The fraction of sp³-hybridized carbons (Fsp3) is 0.333. The molecule has 2 aromatic rings. The van der Waals surface area contributed by atoms with Crippen LogP contribution in [-0.4, -0.2) is 45.6 Å². The lowest BCUT2D eigenvalue weighted by atomic mass is 10.1. The van der Waals surface area contributed by atoms with Gasteiger partial charge in [0, 0.05) is 24.5 Å². The largest absolute Gasteiger partial charge is 0.310 e. The Morgan fingerprint density at radius 3 is 2.25 bits per heavy atom. The van der Waals surface area contributed by atoms with Crippen LogP contribution in [0.4, 0.5) is 5.69 Å².